The van der Waals surface area contributed by atoms with Crippen LogP contribution in [-0.4, -0.2) is 27.9 Å². The van der Waals surface area contributed by atoms with Crippen LogP contribution in [0.25, 0.3) is 22.2 Å². The number of fused-ring (bicyclic) bond motifs is 1. The molecule has 1 fully saturated rings. The van der Waals surface area contributed by atoms with Crippen molar-refractivity contribution in [2.45, 2.75) is 25.0 Å². The quantitative estimate of drug-likeness (QED) is 0.463. The number of hydrogen-bond acceptors (Lipinski definition) is 5. The molecule has 1 saturated carbocycles. The molecular weight excluding hydrogens is 402 g/mol. The zero-order chi connectivity index (χ0) is 21.9. The highest BCUT2D eigenvalue weighted by Gasteiger charge is 2.31. The summed E-state index contributed by atoms with van der Waals surface area (Å²) in [5.41, 5.74) is 3.06. The average Bonchev–Trinajstić information content (AvgIpc) is 3.66. The molecule has 6 nitrogen and oxygen atoms in total. The summed E-state index contributed by atoms with van der Waals surface area (Å²) in [7, 11) is 0. The first-order chi connectivity index (χ1) is 15.7. The maximum atomic E-state index is 13.4. The van der Waals surface area contributed by atoms with Crippen LogP contribution in [0.5, 0.6) is 0 Å². The predicted octanol–water partition coefficient (Wildman–Crippen LogP) is 4.47. The van der Waals surface area contributed by atoms with Crippen molar-refractivity contribution >= 4 is 22.8 Å². The monoisotopic (exact) mass is 423 g/mol. The van der Waals surface area contributed by atoms with Crippen LogP contribution in [0, 0.1) is 0 Å². The van der Waals surface area contributed by atoms with E-state index in [0.29, 0.717) is 27.7 Å². The van der Waals surface area contributed by atoms with Crippen molar-refractivity contribution < 1.29 is 14.3 Å². The number of carbonyl (C=O) groups excluding carboxylic acids is 2. The van der Waals surface area contributed by atoms with E-state index in [0.717, 1.165) is 18.4 Å². The van der Waals surface area contributed by atoms with E-state index in [-0.39, 0.29) is 11.9 Å². The van der Waals surface area contributed by atoms with E-state index in [4.69, 9.17) is 4.74 Å². The molecule has 4 aromatic rings. The molecular formula is C26H21N3O3. The van der Waals surface area contributed by atoms with E-state index in [1.807, 2.05) is 54.6 Å². The molecule has 0 bridgehead atoms. The lowest BCUT2D eigenvalue weighted by molar-refractivity contribution is -0.130. The van der Waals surface area contributed by atoms with Gasteiger partial charge in [0.25, 0.3) is 5.91 Å². The minimum atomic E-state index is -1.03. The van der Waals surface area contributed by atoms with Gasteiger partial charge in [-0.05, 0) is 37.1 Å². The molecule has 1 aliphatic carbocycles. The average molecular weight is 423 g/mol. The van der Waals surface area contributed by atoms with Crippen molar-refractivity contribution in [3.8, 4) is 11.3 Å². The number of aromatic nitrogens is 2. The Labute approximate surface area is 185 Å². The molecule has 2 heterocycles. The summed E-state index contributed by atoms with van der Waals surface area (Å²) < 4.78 is 5.82. The van der Waals surface area contributed by atoms with Gasteiger partial charge in [0.2, 0.25) is 6.10 Å². The van der Waals surface area contributed by atoms with E-state index in [1.165, 1.54) is 0 Å². The Morgan fingerprint density at radius 2 is 1.75 bits per heavy atom. The minimum absolute atomic E-state index is 0.159. The first kappa shape index (κ1) is 19.9. The van der Waals surface area contributed by atoms with Gasteiger partial charge in [-0.1, -0.05) is 48.5 Å². The van der Waals surface area contributed by atoms with Gasteiger partial charge in [0, 0.05) is 34.9 Å². The first-order valence-corrected chi connectivity index (χ1v) is 10.6. The fraction of sp³-hybridized carbons (Fsp3) is 0.154. The summed E-state index contributed by atoms with van der Waals surface area (Å²) in [6, 6.07) is 22.0. The van der Waals surface area contributed by atoms with Gasteiger partial charge in [-0.25, -0.2) is 9.78 Å². The van der Waals surface area contributed by atoms with Gasteiger partial charge in [0.15, 0.2) is 0 Å². The Morgan fingerprint density at radius 1 is 0.969 bits per heavy atom. The molecule has 32 heavy (non-hydrogen) atoms. The highest BCUT2D eigenvalue weighted by atomic mass is 16.5. The molecule has 1 atom stereocenters. The topological polar surface area (TPSA) is 81.2 Å². The van der Waals surface area contributed by atoms with Crippen molar-refractivity contribution in [2.75, 3.05) is 0 Å². The first-order valence-electron chi connectivity index (χ1n) is 10.6. The summed E-state index contributed by atoms with van der Waals surface area (Å²) in [6.07, 6.45) is 4.25. The van der Waals surface area contributed by atoms with Crippen LogP contribution in [-0.2, 0) is 9.53 Å². The molecule has 0 radical (unpaired) electrons. The number of para-hydroxylation sites is 1. The molecule has 1 amide bonds. The minimum Gasteiger partial charge on any atom is -0.444 e. The molecule has 0 aliphatic heterocycles. The van der Waals surface area contributed by atoms with Gasteiger partial charge >= 0.3 is 5.97 Å². The van der Waals surface area contributed by atoms with Crippen molar-refractivity contribution in [3.05, 3.63) is 96.3 Å². The fourth-order valence-electron chi connectivity index (χ4n) is 3.58. The van der Waals surface area contributed by atoms with Gasteiger partial charge in [-0.3, -0.25) is 9.78 Å². The number of ether oxygens (including phenoxy) is 1. The summed E-state index contributed by atoms with van der Waals surface area (Å²) in [4.78, 5) is 35.1. The number of pyridine rings is 2. The number of nitrogens with zero attached hydrogens (tertiary/aromatic N) is 2. The summed E-state index contributed by atoms with van der Waals surface area (Å²) in [5.74, 6) is -0.883. The molecule has 158 valence electrons. The maximum Gasteiger partial charge on any atom is 0.340 e. The largest absolute Gasteiger partial charge is 0.444 e. The number of hydrogen-bond donors (Lipinski definition) is 1. The Balaban J connectivity index is 1.53. The van der Waals surface area contributed by atoms with E-state index in [2.05, 4.69) is 15.3 Å². The van der Waals surface area contributed by atoms with Crippen LogP contribution in [0.1, 0.15) is 34.9 Å². The third-order valence-corrected chi connectivity index (χ3v) is 5.38. The normalized spacial score (nSPS) is 14.0. The number of benzene rings is 2. The number of amides is 1. The third-order valence-electron chi connectivity index (χ3n) is 5.38. The Kier molecular flexibility index (Phi) is 5.34. The number of nitrogens with one attached hydrogen (secondary N) is 1. The predicted molar refractivity (Wildman–Crippen MR) is 121 cm³/mol. The Morgan fingerprint density at radius 3 is 2.50 bits per heavy atom. The molecule has 1 N–H and O–H groups in total. The molecule has 5 rings (SSSR count). The Bertz CT molecular complexity index is 1270. The molecule has 6 heteroatoms. The van der Waals surface area contributed by atoms with Crippen LogP contribution >= 0.6 is 0 Å². The second-order valence-corrected chi connectivity index (χ2v) is 7.79. The fourth-order valence-corrected chi connectivity index (χ4v) is 3.58. The molecule has 0 spiro atoms. The van der Waals surface area contributed by atoms with Crippen LogP contribution < -0.4 is 5.32 Å². The van der Waals surface area contributed by atoms with Gasteiger partial charge in [0.1, 0.15) is 0 Å². The van der Waals surface area contributed by atoms with Crippen molar-refractivity contribution in [3.63, 3.8) is 0 Å². The molecule has 1 aliphatic rings. The number of esters is 1. The second-order valence-electron chi connectivity index (χ2n) is 7.79. The van der Waals surface area contributed by atoms with E-state index < -0.39 is 12.1 Å². The number of carbonyl (C=O) groups is 2. The maximum absolute atomic E-state index is 13.4. The third kappa shape index (κ3) is 4.21. The van der Waals surface area contributed by atoms with E-state index >= 15 is 0 Å². The smallest absolute Gasteiger partial charge is 0.340 e. The van der Waals surface area contributed by atoms with Gasteiger partial charge in [-0.15, -0.1) is 0 Å². The van der Waals surface area contributed by atoms with Crippen LogP contribution in [0.4, 0.5) is 0 Å². The lowest BCUT2D eigenvalue weighted by atomic mass is 10.0. The zero-order valence-electron chi connectivity index (χ0n) is 17.3. The Hall–Kier alpha value is -4.06. The van der Waals surface area contributed by atoms with E-state index in [9.17, 15) is 9.59 Å². The summed E-state index contributed by atoms with van der Waals surface area (Å²) in [5, 5.41) is 3.61. The standard InChI is InChI=1S/C26H21N3O3/c30-25(28-19-12-13-19)24(17-7-2-1-3-8-17)32-26(31)21-15-23(18-9-6-14-27-16-18)29-22-11-5-4-10-20(21)22/h1-11,14-16,19,24H,12-13H2,(H,28,30). The molecule has 2 aromatic carbocycles. The van der Waals surface area contributed by atoms with Crippen molar-refractivity contribution in [2.24, 2.45) is 0 Å². The molecule has 2 aromatic heterocycles. The van der Waals surface area contributed by atoms with Gasteiger partial charge in [-0.2, -0.15) is 0 Å². The van der Waals surface area contributed by atoms with Crippen LogP contribution in [0.2, 0.25) is 0 Å². The van der Waals surface area contributed by atoms with Crippen LogP contribution in [0.3, 0.4) is 0 Å². The lowest BCUT2D eigenvalue weighted by Gasteiger charge is -2.19. The van der Waals surface area contributed by atoms with Crippen molar-refractivity contribution in [1.82, 2.24) is 15.3 Å². The van der Waals surface area contributed by atoms with Gasteiger partial charge in [0.05, 0.1) is 16.8 Å². The van der Waals surface area contributed by atoms with Crippen LogP contribution in [0.15, 0.2) is 85.2 Å². The lowest BCUT2D eigenvalue weighted by Crippen LogP contribution is -2.33. The molecule has 0 saturated heterocycles. The van der Waals surface area contributed by atoms with E-state index in [1.54, 1.807) is 30.6 Å². The molecule has 1 unspecified atom stereocenters. The van der Waals surface area contributed by atoms with Crippen molar-refractivity contribution in [1.29, 1.82) is 0 Å². The SMILES string of the molecule is O=C(OC(C(=O)NC1CC1)c1ccccc1)c1cc(-c2cccnc2)nc2ccccc12. The summed E-state index contributed by atoms with van der Waals surface area (Å²) in [6.45, 7) is 0. The zero-order valence-corrected chi connectivity index (χ0v) is 17.3. The highest BCUT2D eigenvalue weighted by Crippen LogP contribution is 2.28. The number of rotatable bonds is 6. The van der Waals surface area contributed by atoms with Gasteiger partial charge < -0.3 is 10.1 Å². The summed E-state index contributed by atoms with van der Waals surface area (Å²) >= 11 is 0. The second kappa shape index (κ2) is 8.59. The highest BCUT2D eigenvalue weighted by molar-refractivity contribution is 6.05.